The normalized spacial score (nSPS) is 12.0. The Morgan fingerprint density at radius 3 is 2.46 bits per heavy atom. The first-order valence-electron chi connectivity index (χ1n) is 7.33. The van der Waals surface area contributed by atoms with E-state index in [1.54, 1.807) is 18.2 Å². The molecule has 1 N–H and O–H groups in total. The standard InChI is InChI=1S/C17H20N2O3S2/c1-13-4-6-14(7-5-13)8-10-16(20)18-12-15-9-11-17(23-15)24(21,22)19(2)3/h4-11H,12H2,1-3H3,(H,18,20)/b10-8+. The SMILES string of the molecule is Cc1ccc(/C=C/C(=O)NCc2ccc(S(=O)(=O)N(C)C)s2)cc1. The Morgan fingerprint density at radius 2 is 1.83 bits per heavy atom. The van der Waals surface area contributed by atoms with Crippen LogP contribution in [-0.4, -0.2) is 32.7 Å². The molecule has 0 aliphatic carbocycles. The summed E-state index contributed by atoms with van der Waals surface area (Å²) < 4.78 is 25.5. The quantitative estimate of drug-likeness (QED) is 0.802. The Balaban J connectivity index is 1.93. The molecule has 128 valence electrons. The number of thiophene rings is 1. The van der Waals surface area contributed by atoms with Crippen LogP contribution in [0.5, 0.6) is 0 Å². The third-order valence-electron chi connectivity index (χ3n) is 3.31. The molecule has 2 rings (SSSR count). The molecule has 0 radical (unpaired) electrons. The zero-order valence-corrected chi connectivity index (χ0v) is 15.4. The van der Waals surface area contributed by atoms with E-state index in [1.165, 1.54) is 24.5 Å². The molecule has 7 heteroatoms. The van der Waals surface area contributed by atoms with Crippen molar-refractivity contribution < 1.29 is 13.2 Å². The molecule has 0 aliphatic heterocycles. The summed E-state index contributed by atoms with van der Waals surface area (Å²) in [5.74, 6) is -0.221. The first kappa shape index (κ1) is 18.4. The number of hydrogen-bond acceptors (Lipinski definition) is 4. The van der Waals surface area contributed by atoms with Crippen LogP contribution in [0, 0.1) is 6.92 Å². The monoisotopic (exact) mass is 364 g/mol. The number of nitrogens with one attached hydrogen (secondary N) is 1. The molecule has 1 aromatic heterocycles. The number of carbonyl (C=O) groups is 1. The number of rotatable bonds is 6. The molecule has 1 amide bonds. The molecular formula is C17H20N2O3S2. The van der Waals surface area contributed by atoms with E-state index >= 15 is 0 Å². The summed E-state index contributed by atoms with van der Waals surface area (Å²) in [6.07, 6.45) is 3.21. The van der Waals surface area contributed by atoms with Crippen molar-refractivity contribution in [2.24, 2.45) is 0 Å². The van der Waals surface area contributed by atoms with Crippen molar-refractivity contribution in [2.75, 3.05) is 14.1 Å². The van der Waals surface area contributed by atoms with E-state index in [0.29, 0.717) is 6.54 Å². The molecule has 0 aliphatic rings. The van der Waals surface area contributed by atoms with E-state index < -0.39 is 10.0 Å². The van der Waals surface area contributed by atoms with E-state index in [-0.39, 0.29) is 10.1 Å². The van der Waals surface area contributed by atoms with Gasteiger partial charge in [-0.3, -0.25) is 4.79 Å². The maximum atomic E-state index is 12.0. The van der Waals surface area contributed by atoms with Gasteiger partial charge in [-0.15, -0.1) is 11.3 Å². The second kappa shape index (κ2) is 7.74. The predicted octanol–water partition coefficient (Wildman–Crippen LogP) is 2.64. The first-order valence-corrected chi connectivity index (χ1v) is 9.58. The molecule has 0 bridgehead atoms. The van der Waals surface area contributed by atoms with Gasteiger partial charge in [-0.25, -0.2) is 12.7 Å². The van der Waals surface area contributed by atoms with Crippen molar-refractivity contribution in [3.05, 3.63) is 58.5 Å². The fourth-order valence-electron chi connectivity index (χ4n) is 1.85. The van der Waals surface area contributed by atoms with Crippen LogP contribution in [0.1, 0.15) is 16.0 Å². The highest BCUT2D eigenvalue weighted by Gasteiger charge is 2.19. The fraction of sp³-hybridized carbons (Fsp3) is 0.235. The molecule has 2 aromatic rings. The number of sulfonamides is 1. The van der Waals surface area contributed by atoms with Crippen molar-refractivity contribution in [1.82, 2.24) is 9.62 Å². The van der Waals surface area contributed by atoms with Gasteiger partial charge >= 0.3 is 0 Å². The van der Waals surface area contributed by atoms with Crippen LogP contribution >= 0.6 is 11.3 Å². The second-order valence-electron chi connectivity index (χ2n) is 5.47. The molecule has 5 nitrogen and oxygen atoms in total. The lowest BCUT2D eigenvalue weighted by Crippen LogP contribution is -2.21. The van der Waals surface area contributed by atoms with Crippen molar-refractivity contribution in [1.29, 1.82) is 0 Å². The van der Waals surface area contributed by atoms with Gasteiger partial charge < -0.3 is 5.32 Å². The van der Waals surface area contributed by atoms with Gasteiger partial charge in [0.05, 0.1) is 6.54 Å². The second-order valence-corrected chi connectivity index (χ2v) is 9.02. The minimum atomic E-state index is -3.42. The zero-order valence-electron chi connectivity index (χ0n) is 13.8. The molecule has 0 spiro atoms. The van der Waals surface area contributed by atoms with Gasteiger partial charge in [-0.05, 0) is 30.7 Å². The fourth-order valence-corrected chi connectivity index (χ4v) is 4.32. The summed E-state index contributed by atoms with van der Waals surface area (Å²) in [5.41, 5.74) is 2.11. The molecule has 1 aromatic carbocycles. The van der Waals surface area contributed by atoms with Crippen LogP contribution in [0.2, 0.25) is 0 Å². The third-order valence-corrected chi connectivity index (χ3v) is 6.68. The number of benzene rings is 1. The smallest absolute Gasteiger partial charge is 0.252 e. The van der Waals surface area contributed by atoms with Gasteiger partial charge in [0.2, 0.25) is 5.91 Å². The molecule has 0 fully saturated rings. The molecule has 0 atom stereocenters. The Bertz CT molecular complexity index is 835. The van der Waals surface area contributed by atoms with Crippen molar-refractivity contribution >= 4 is 33.3 Å². The Hall–Kier alpha value is -1.96. The molecule has 0 unspecified atom stereocenters. The molecule has 24 heavy (non-hydrogen) atoms. The van der Waals surface area contributed by atoms with Crippen molar-refractivity contribution in [3.8, 4) is 0 Å². The lowest BCUT2D eigenvalue weighted by molar-refractivity contribution is -0.116. The molecule has 0 saturated heterocycles. The zero-order chi connectivity index (χ0) is 17.7. The van der Waals surface area contributed by atoms with Gasteiger partial charge in [0, 0.05) is 25.0 Å². The van der Waals surface area contributed by atoms with Crippen LogP contribution in [0.4, 0.5) is 0 Å². The highest BCUT2D eigenvalue weighted by molar-refractivity contribution is 7.91. The maximum Gasteiger partial charge on any atom is 0.252 e. The largest absolute Gasteiger partial charge is 0.348 e. The first-order chi connectivity index (χ1) is 11.3. The topological polar surface area (TPSA) is 66.5 Å². The van der Waals surface area contributed by atoms with Crippen LogP contribution in [0.15, 0.2) is 46.7 Å². The molecule has 0 saturated carbocycles. The number of carbonyl (C=O) groups excluding carboxylic acids is 1. The van der Waals surface area contributed by atoms with Gasteiger partial charge in [0.15, 0.2) is 0 Å². The average Bonchev–Trinajstić information content (AvgIpc) is 3.02. The highest BCUT2D eigenvalue weighted by atomic mass is 32.2. The van der Waals surface area contributed by atoms with E-state index in [4.69, 9.17) is 0 Å². The van der Waals surface area contributed by atoms with E-state index in [1.807, 2.05) is 31.2 Å². The summed E-state index contributed by atoms with van der Waals surface area (Å²) in [5, 5.41) is 2.75. The minimum absolute atomic E-state index is 0.221. The van der Waals surface area contributed by atoms with Crippen molar-refractivity contribution in [3.63, 3.8) is 0 Å². The molecular weight excluding hydrogens is 344 g/mol. The van der Waals surface area contributed by atoms with E-state index in [0.717, 1.165) is 27.3 Å². The number of hydrogen-bond donors (Lipinski definition) is 1. The van der Waals surface area contributed by atoms with Crippen LogP contribution < -0.4 is 5.32 Å². The molecule has 1 heterocycles. The van der Waals surface area contributed by atoms with Gasteiger partial charge in [0.25, 0.3) is 10.0 Å². The summed E-state index contributed by atoms with van der Waals surface area (Å²) in [4.78, 5) is 12.6. The van der Waals surface area contributed by atoms with E-state index in [9.17, 15) is 13.2 Å². The Kier molecular flexibility index (Phi) is 5.93. The van der Waals surface area contributed by atoms with Gasteiger partial charge in [-0.1, -0.05) is 29.8 Å². The highest BCUT2D eigenvalue weighted by Crippen LogP contribution is 2.23. The summed E-state index contributed by atoms with van der Waals surface area (Å²) in [7, 11) is -0.434. The van der Waals surface area contributed by atoms with Gasteiger partial charge in [0.1, 0.15) is 4.21 Å². The summed E-state index contributed by atoms with van der Waals surface area (Å²) in [6.45, 7) is 2.30. The Morgan fingerprint density at radius 1 is 1.17 bits per heavy atom. The van der Waals surface area contributed by atoms with Crippen LogP contribution in [-0.2, 0) is 21.4 Å². The predicted molar refractivity (Wildman–Crippen MR) is 97.3 cm³/mol. The number of nitrogens with zero attached hydrogens (tertiary/aromatic N) is 1. The number of aryl methyl sites for hydroxylation is 1. The summed E-state index contributed by atoms with van der Waals surface area (Å²) >= 11 is 1.16. The summed E-state index contributed by atoms with van der Waals surface area (Å²) in [6, 6.07) is 11.1. The lowest BCUT2D eigenvalue weighted by atomic mass is 10.1. The maximum absolute atomic E-state index is 12.0. The third kappa shape index (κ3) is 4.77. The van der Waals surface area contributed by atoms with E-state index in [2.05, 4.69) is 5.32 Å². The minimum Gasteiger partial charge on any atom is -0.348 e. The van der Waals surface area contributed by atoms with Crippen molar-refractivity contribution in [2.45, 2.75) is 17.7 Å². The average molecular weight is 364 g/mol. The lowest BCUT2D eigenvalue weighted by Gasteiger charge is -2.08. The number of amides is 1. The van der Waals surface area contributed by atoms with Gasteiger partial charge in [-0.2, -0.15) is 0 Å². The van der Waals surface area contributed by atoms with Crippen LogP contribution in [0.25, 0.3) is 6.08 Å². The Labute approximate surface area is 146 Å². The van der Waals surface area contributed by atoms with Crippen LogP contribution in [0.3, 0.4) is 0 Å².